The fourth-order valence-electron chi connectivity index (χ4n) is 2.50. The molecule has 0 fully saturated rings. The first-order valence-electron chi connectivity index (χ1n) is 6.67. The molecule has 0 bridgehead atoms. The Morgan fingerprint density at radius 1 is 1.30 bits per heavy atom. The highest BCUT2D eigenvalue weighted by Crippen LogP contribution is 2.27. The number of nitrogens with one attached hydrogen (secondary N) is 1. The molecule has 0 spiro atoms. The van der Waals surface area contributed by atoms with E-state index >= 15 is 0 Å². The summed E-state index contributed by atoms with van der Waals surface area (Å²) in [7, 11) is 1.95. The molecule has 5 heteroatoms. The molecule has 0 aliphatic carbocycles. The van der Waals surface area contributed by atoms with Crippen molar-refractivity contribution in [2.24, 2.45) is 7.05 Å². The van der Waals surface area contributed by atoms with Crippen LogP contribution in [0.4, 0.5) is 5.69 Å². The van der Waals surface area contributed by atoms with Crippen LogP contribution in [-0.2, 0) is 7.05 Å². The highest BCUT2D eigenvalue weighted by molar-refractivity contribution is 7.18. The molecule has 104 valence electrons. The van der Waals surface area contributed by atoms with Crippen LogP contribution in [0.2, 0.25) is 0 Å². The molecule has 0 saturated carbocycles. The van der Waals surface area contributed by atoms with Gasteiger partial charge < -0.3 is 5.32 Å². The molecule has 0 saturated heterocycles. The van der Waals surface area contributed by atoms with Gasteiger partial charge in [0.25, 0.3) is 0 Å². The van der Waals surface area contributed by atoms with E-state index in [9.17, 15) is 0 Å². The van der Waals surface area contributed by atoms with Gasteiger partial charge in [-0.05, 0) is 39.0 Å². The number of benzene rings is 1. The Morgan fingerprint density at radius 2 is 2.10 bits per heavy atom. The Labute approximate surface area is 122 Å². The lowest BCUT2D eigenvalue weighted by Crippen LogP contribution is -2.06. The van der Waals surface area contributed by atoms with Gasteiger partial charge in [0.1, 0.15) is 0 Å². The fourth-order valence-corrected chi connectivity index (χ4v) is 3.37. The molecule has 2 aromatic heterocycles. The maximum absolute atomic E-state index is 4.49. The molecule has 4 nitrogen and oxygen atoms in total. The van der Waals surface area contributed by atoms with Crippen molar-refractivity contribution in [2.45, 2.75) is 26.8 Å². The molecule has 0 amide bonds. The van der Waals surface area contributed by atoms with E-state index in [1.54, 1.807) is 11.3 Å². The summed E-state index contributed by atoms with van der Waals surface area (Å²) >= 11 is 1.73. The van der Waals surface area contributed by atoms with Crippen LogP contribution in [0, 0.1) is 13.8 Å². The second kappa shape index (κ2) is 4.90. The molecule has 3 rings (SSSR count). The van der Waals surface area contributed by atoms with Gasteiger partial charge in [-0.15, -0.1) is 11.3 Å². The van der Waals surface area contributed by atoms with Crippen molar-refractivity contribution in [3.63, 3.8) is 0 Å². The van der Waals surface area contributed by atoms with Crippen LogP contribution in [0.25, 0.3) is 10.2 Å². The third kappa shape index (κ3) is 2.41. The van der Waals surface area contributed by atoms with Crippen molar-refractivity contribution in [1.29, 1.82) is 0 Å². The quantitative estimate of drug-likeness (QED) is 0.796. The second-order valence-corrected chi connectivity index (χ2v) is 6.36. The Bertz CT molecular complexity index is 756. The number of fused-ring (bicyclic) bond motifs is 1. The number of hydrogen-bond acceptors (Lipinski definition) is 4. The predicted molar refractivity (Wildman–Crippen MR) is 84.3 cm³/mol. The zero-order valence-corrected chi connectivity index (χ0v) is 13.0. The minimum atomic E-state index is 0.232. The molecule has 1 unspecified atom stereocenters. The minimum Gasteiger partial charge on any atom is -0.378 e. The van der Waals surface area contributed by atoms with Gasteiger partial charge in [0.15, 0.2) is 0 Å². The van der Waals surface area contributed by atoms with Gasteiger partial charge in [-0.2, -0.15) is 5.10 Å². The summed E-state index contributed by atoms with van der Waals surface area (Å²) in [5.41, 5.74) is 4.50. The topological polar surface area (TPSA) is 42.7 Å². The van der Waals surface area contributed by atoms with Crippen molar-refractivity contribution >= 4 is 27.2 Å². The lowest BCUT2D eigenvalue weighted by atomic mass is 10.1. The predicted octanol–water partition coefficient (Wildman–Crippen LogP) is 3.82. The Kier molecular flexibility index (Phi) is 3.22. The highest BCUT2D eigenvalue weighted by Gasteiger charge is 2.12. The smallest absolute Gasteiger partial charge is 0.0907 e. The van der Waals surface area contributed by atoms with Crippen LogP contribution >= 0.6 is 11.3 Å². The van der Waals surface area contributed by atoms with Gasteiger partial charge in [-0.3, -0.25) is 4.68 Å². The third-order valence-corrected chi connectivity index (χ3v) is 4.33. The molecule has 3 aromatic rings. The van der Waals surface area contributed by atoms with Crippen LogP contribution in [-0.4, -0.2) is 14.8 Å². The van der Waals surface area contributed by atoms with Gasteiger partial charge in [0, 0.05) is 24.5 Å². The lowest BCUT2D eigenvalue weighted by Gasteiger charge is -2.14. The van der Waals surface area contributed by atoms with E-state index in [1.807, 2.05) is 25.6 Å². The summed E-state index contributed by atoms with van der Waals surface area (Å²) in [5, 5.41) is 9.04. The molecule has 1 aromatic carbocycles. The number of hydrogen-bond donors (Lipinski definition) is 1. The maximum atomic E-state index is 4.49. The van der Waals surface area contributed by atoms with Crippen molar-refractivity contribution < 1.29 is 0 Å². The fraction of sp³-hybridized carbons (Fsp3) is 0.333. The van der Waals surface area contributed by atoms with E-state index in [4.69, 9.17) is 0 Å². The standard InChI is InChI=1S/C15H18N4S/c1-9(13-8-19(4)18-10(13)2)16-12-5-6-14-15(7-12)20-11(3)17-14/h5-9,16H,1-4H3. The van der Waals surface area contributed by atoms with Crippen LogP contribution in [0.3, 0.4) is 0 Å². The summed E-state index contributed by atoms with van der Waals surface area (Å²) in [6.45, 7) is 6.24. The number of aromatic nitrogens is 3. The molecule has 0 aliphatic heterocycles. The summed E-state index contributed by atoms with van der Waals surface area (Å²) in [5.74, 6) is 0. The largest absolute Gasteiger partial charge is 0.378 e. The Balaban J connectivity index is 1.86. The van der Waals surface area contributed by atoms with Crippen molar-refractivity contribution in [3.8, 4) is 0 Å². The summed E-state index contributed by atoms with van der Waals surface area (Å²) < 4.78 is 3.08. The number of aryl methyl sites for hydroxylation is 3. The zero-order valence-electron chi connectivity index (χ0n) is 12.1. The van der Waals surface area contributed by atoms with Gasteiger partial charge in [-0.1, -0.05) is 0 Å². The van der Waals surface area contributed by atoms with Gasteiger partial charge >= 0.3 is 0 Å². The van der Waals surface area contributed by atoms with E-state index < -0.39 is 0 Å². The summed E-state index contributed by atoms with van der Waals surface area (Å²) in [6, 6.07) is 6.56. The summed E-state index contributed by atoms with van der Waals surface area (Å²) in [4.78, 5) is 4.49. The number of thiazole rings is 1. The molecule has 0 radical (unpaired) electrons. The molecule has 1 N–H and O–H groups in total. The zero-order chi connectivity index (χ0) is 14.3. The Morgan fingerprint density at radius 3 is 2.80 bits per heavy atom. The average molecular weight is 286 g/mol. The van der Waals surface area contributed by atoms with E-state index in [1.165, 1.54) is 10.3 Å². The molecule has 20 heavy (non-hydrogen) atoms. The molecule has 1 atom stereocenters. The van der Waals surface area contributed by atoms with Gasteiger partial charge in [-0.25, -0.2) is 4.98 Å². The molecule has 2 heterocycles. The first-order chi connectivity index (χ1) is 9.52. The molecule has 0 aliphatic rings. The minimum absolute atomic E-state index is 0.232. The number of nitrogens with zero attached hydrogens (tertiary/aromatic N) is 3. The monoisotopic (exact) mass is 286 g/mol. The molecular formula is C15H18N4S. The SMILES string of the molecule is Cc1nc2ccc(NC(C)c3cn(C)nc3C)cc2s1. The first kappa shape index (κ1) is 13.1. The second-order valence-electron chi connectivity index (χ2n) is 5.12. The summed E-state index contributed by atoms with van der Waals surface area (Å²) in [6.07, 6.45) is 2.07. The van der Waals surface area contributed by atoms with Crippen LogP contribution in [0.1, 0.15) is 29.2 Å². The van der Waals surface area contributed by atoms with E-state index in [0.29, 0.717) is 0 Å². The van der Waals surface area contributed by atoms with Crippen LogP contribution < -0.4 is 5.32 Å². The van der Waals surface area contributed by atoms with Gasteiger partial charge in [0.05, 0.1) is 27.0 Å². The van der Waals surface area contributed by atoms with E-state index in [0.717, 1.165) is 21.9 Å². The lowest BCUT2D eigenvalue weighted by molar-refractivity contribution is 0.756. The highest BCUT2D eigenvalue weighted by atomic mass is 32.1. The maximum Gasteiger partial charge on any atom is 0.0907 e. The molecular weight excluding hydrogens is 268 g/mol. The number of rotatable bonds is 3. The van der Waals surface area contributed by atoms with Crippen molar-refractivity contribution in [2.75, 3.05) is 5.32 Å². The number of anilines is 1. The van der Waals surface area contributed by atoms with E-state index in [2.05, 4.69) is 46.7 Å². The van der Waals surface area contributed by atoms with Gasteiger partial charge in [0.2, 0.25) is 0 Å². The average Bonchev–Trinajstić information content (AvgIpc) is 2.90. The Hall–Kier alpha value is -1.88. The third-order valence-electron chi connectivity index (χ3n) is 3.40. The van der Waals surface area contributed by atoms with Crippen molar-refractivity contribution in [1.82, 2.24) is 14.8 Å². The van der Waals surface area contributed by atoms with Crippen LogP contribution in [0.15, 0.2) is 24.4 Å². The van der Waals surface area contributed by atoms with Crippen molar-refractivity contribution in [3.05, 3.63) is 40.7 Å². The van der Waals surface area contributed by atoms with Crippen LogP contribution in [0.5, 0.6) is 0 Å². The first-order valence-corrected chi connectivity index (χ1v) is 7.48. The van der Waals surface area contributed by atoms with E-state index in [-0.39, 0.29) is 6.04 Å². The normalized spacial score (nSPS) is 12.8.